The molecule has 3 aliphatic heterocycles. The lowest BCUT2D eigenvalue weighted by Crippen LogP contribution is -2.52. The van der Waals surface area contributed by atoms with Gasteiger partial charge in [-0.05, 0) is 61.6 Å². The third kappa shape index (κ3) is 5.41. The van der Waals surface area contributed by atoms with Crippen LogP contribution in [0.2, 0.25) is 0 Å². The SMILES string of the molecule is O=C1CCC(N2Cc3c(CCCCN4CCN(c5ccccc5C(F)(F)F)CC4)cccc3C2=O)C(=O)N1. The maximum absolute atomic E-state index is 13.4. The van der Waals surface area contributed by atoms with Gasteiger partial charge in [-0.15, -0.1) is 0 Å². The minimum absolute atomic E-state index is 0.165. The summed E-state index contributed by atoms with van der Waals surface area (Å²) in [7, 11) is 0. The quantitative estimate of drug-likeness (QED) is 0.439. The summed E-state index contributed by atoms with van der Waals surface area (Å²) in [6, 6.07) is 10.8. The Morgan fingerprint density at radius 1 is 0.921 bits per heavy atom. The van der Waals surface area contributed by atoms with Crippen LogP contribution in [0.25, 0.3) is 0 Å². The number of imide groups is 1. The predicted molar refractivity (Wildman–Crippen MR) is 136 cm³/mol. The van der Waals surface area contributed by atoms with Crippen molar-refractivity contribution in [2.75, 3.05) is 37.6 Å². The number of carbonyl (C=O) groups is 3. The zero-order valence-corrected chi connectivity index (χ0v) is 21.1. The molecule has 3 aliphatic rings. The van der Waals surface area contributed by atoms with Gasteiger partial charge < -0.3 is 9.80 Å². The molecule has 0 bridgehead atoms. The topological polar surface area (TPSA) is 73.0 Å². The average Bonchev–Trinajstić information content (AvgIpc) is 3.23. The van der Waals surface area contributed by atoms with Gasteiger partial charge in [0.2, 0.25) is 11.8 Å². The van der Waals surface area contributed by atoms with Crippen molar-refractivity contribution < 1.29 is 27.6 Å². The molecule has 0 spiro atoms. The van der Waals surface area contributed by atoms with Crippen LogP contribution in [0.15, 0.2) is 42.5 Å². The molecule has 3 heterocycles. The molecular formula is C28H31F3N4O3. The molecule has 2 aromatic carbocycles. The summed E-state index contributed by atoms with van der Waals surface area (Å²) < 4.78 is 40.2. The largest absolute Gasteiger partial charge is 0.418 e. The molecule has 0 aliphatic carbocycles. The van der Waals surface area contributed by atoms with E-state index in [1.54, 1.807) is 23.1 Å². The van der Waals surface area contributed by atoms with Crippen molar-refractivity contribution in [2.24, 2.45) is 0 Å². The van der Waals surface area contributed by atoms with Gasteiger partial charge in [-0.1, -0.05) is 24.3 Å². The van der Waals surface area contributed by atoms with E-state index in [-0.39, 0.29) is 23.9 Å². The molecule has 0 saturated carbocycles. The Bertz CT molecular complexity index is 1220. The van der Waals surface area contributed by atoms with Gasteiger partial charge in [-0.3, -0.25) is 24.6 Å². The molecule has 0 aromatic heterocycles. The number of rotatable bonds is 7. The van der Waals surface area contributed by atoms with Crippen molar-refractivity contribution in [3.8, 4) is 0 Å². The van der Waals surface area contributed by atoms with Crippen LogP contribution in [0.1, 0.15) is 52.7 Å². The van der Waals surface area contributed by atoms with Crippen LogP contribution >= 0.6 is 0 Å². The first kappa shape index (κ1) is 26.2. The second kappa shape index (κ2) is 10.8. The number of aryl methyl sites for hydroxylation is 1. The number of hydrogen-bond donors (Lipinski definition) is 1. The summed E-state index contributed by atoms with van der Waals surface area (Å²) in [4.78, 5) is 42.5. The van der Waals surface area contributed by atoms with E-state index in [9.17, 15) is 27.6 Å². The highest BCUT2D eigenvalue weighted by molar-refractivity contribution is 6.05. The fourth-order valence-corrected chi connectivity index (χ4v) is 5.74. The van der Waals surface area contributed by atoms with E-state index < -0.39 is 23.7 Å². The minimum Gasteiger partial charge on any atom is -0.368 e. The van der Waals surface area contributed by atoms with Crippen molar-refractivity contribution in [3.05, 3.63) is 64.7 Å². The van der Waals surface area contributed by atoms with Crippen molar-refractivity contribution in [1.29, 1.82) is 0 Å². The Balaban J connectivity index is 1.11. The van der Waals surface area contributed by atoms with Gasteiger partial charge in [0.1, 0.15) is 6.04 Å². The number of hydrogen-bond acceptors (Lipinski definition) is 5. The maximum atomic E-state index is 13.4. The number of nitrogens with one attached hydrogen (secondary N) is 1. The summed E-state index contributed by atoms with van der Waals surface area (Å²) in [5.74, 6) is -0.879. The Kier molecular flexibility index (Phi) is 7.43. The fraction of sp³-hybridized carbons (Fsp3) is 0.464. The molecule has 5 rings (SSSR count). The van der Waals surface area contributed by atoms with E-state index in [1.165, 1.54) is 6.07 Å². The molecule has 2 aromatic rings. The highest BCUT2D eigenvalue weighted by atomic mass is 19.4. The van der Waals surface area contributed by atoms with E-state index in [0.29, 0.717) is 44.7 Å². The summed E-state index contributed by atoms with van der Waals surface area (Å²) >= 11 is 0. The normalized spacial score (nSPS) is 20.6. The molecule has 1 unspecified atom stereocenters. The Hall–Kier alpha value is -3.40. The first-order valence-electron chi connectivity index (χ1n) is 13.1. The number of fused-ring (bicyclic) bond motifs is 1. The van der Waals surface area contributed by atoms with Crippen molar-refractivity contribution in [2.45, 2.75) is 50.9 Å². The number of nitrogens with zero attached hydrogens (tertiary/aromatic N) is 3. The third-order valence-electron chi connectivity index (χ3n) is 7.77. The summed E-state index contributed by atoms with van der Waals surface area (Å²) in [6.07, 6.45) is -1.14. The van der Waals surface area contributed by atoms with Crippen LogP contribution in [-0.4, -0.2) is 66.3 Å². The number of unbranched alkanes of at least 4 members (excludes halogenated alkanes) is 1. The molecular weight excluding hydrogens is 497 g/mol. The standard InChI is InChI=1S/C28H31F3N4O3/c29-28(30,31)22-9-1-2-10-23(22)34-16-14-33(15-17-34)13-4-3-6-19-7-5-8-20-21(19)18-35(27(20)38)24-11-12-25(36)32-26(24)37/h1-2,5,7-10,24H,3-4,6,11-18H2,(H,32,36,37). The zero-order chi connectivity index (χ0) is 26.9. The molecule has 38 heavy (non-hydrogen) atoms. The zero-order valence-electron chi connectivity index (χ0n) is 21.1. The van der Waals surface area contributed by atoms with Crippen LogP contribution < -0.4 is 10.2 Å². The highest BCUT2D eigenvalue weighted by Crippen LogP contribution is 2.37. The summed E-state index contributed by atoms with van der Waals surface area (Å²) in [5, 5.41) is 2.33. The summed E-state index contributed by atoms with van der Waals surface area (Å²) in [6.45, 7) is 3.77. The monoisotopic (exact) mass is 528 g/mol. The van der Waals surface area contributed by atoms with Crippen molar-refractivity contribution in [1.82, 2.24) is 15.1 Å². The summed E-state index contributed by atoms with van der Waals surface area (Å²) in [5.41, 5.74) is 2.35. The van der Waals surface area contributed by atoms with Crippen LogP contribution in [0.5, 0.6) is 0 Å². The van der Waals surface area contributed by atoms with E-state index in [1.807, 2.05) is 17.0 Å². The molecule has 2 fully saturated rings. The van der Waals surface area contributed by atoms with Crippen molar-refractivity contribution in [3.63, 3.8) is 0 Å². The maximum Gasteiger partial charge on any atom is 0.418 e. The minimum atomic E-state index is -4.37. The van der Waals surface area contributed by atoms with Gasteiger partial charge in [0.25, 0.3) is 5.91 Å². The number of piperidine rings is 1. The lowest BCUT2D eigenvalue weighted by molar-refractivity contribution is -0.138. The number of piperazine rings is 1. The number of carbonyl (C=O) groups excluding carboxylic acids is 3. The van der Waals surface area contributed by atoms with Gasteiger partial charge >= 0.3 is 6.18 Å². The van der Waals surface area contributed by atoms with E-state index >= 15 is 0 Å². The van der Waals surface area contributed by atoms with E-state index in [0.717, 1.165) is 43.0 Å². The Labute approximate surface area is 219 Å². The van der Waals surface area contributed by atoms with E-state index in [2.05, 4.69) is 10.2 Å². The van der Waals surface area contributed by atoms with Gasteiger partial charge in [0.15, 0.2) is 0 Å². The van der Waals surface area contributed by atoms with Crippen LogP contribution in [0.4, 0.5) is 18.9 Å². The lowest BCUT2D eigenvalue weighted by Gasteiger charge is -2.37. The number of amides is 3. The van der Waals surface area contributed by atoms with Gasteiger partial charge in [-0.25, -0.2) is 0 Å². The third-order valence-corrected chi connectivity index (χ3v) is 7.77. The first-order valence-corrected chi connectivity index (χ1v) is 13.1. The number of para-hydroxylation sites is 1. The van der Waals surface area contributed by atoms with Crippen LogP contribution in [-0.2, 0) is 28.7 Å². The van der Waals surface area contributed by atoms with Gasteiger partial charge in [0.05, 0.1) is 5.56 Å². The number of benzene rings is 2. The predicted octanol–water partition coefficient (Wildman–Crippen LogP) is 3.61. The molecule has 3 amide bonds. The van der Waals surface area contributed by atoms with Gasteiger partial charge in [-0.2, -0.15) is 13.2 Å². The molecule has 1 atom stereocenters. The smallest absolute Gasteiger partial charge is 0.368 e. The molecule has 1 N–H and O–H groups in total. The molecule has 0 radical (unpaired) electrons. The molecule has 7 nitrogen and oxygen atoms in total. The molecule has 202 valence electrons. The lowest BCUT2D eigenvalue weighted by atomic mass is 9.98. The van der Waals surface area contributed by atoms with Crippen molar-refractivity contribution >= 4 is 23.4 Å². The second-order valence-electron chi connectivity index (χ2n) is 10.1. The van der Waals surface area contributed by atoms with Crippen LogP contribution in [0, 0.1) is 0 Å². The number of anilines is 1. The van der Waals surface area contributed by atoms with Gasteiger partial charge in [0, 0.05) is 50.4 Å². The Morgan fingerprint density at radius 3 is 2.42 bits per heavy atom. The highest BCUT2D eigenvalue weighted by Gasteiger charge is 2.39. The molecule has 2 saturated heterocycles. The molecule has 10 heteroatoms. The Morgan fingerprint density at radius 2 is 1.68 bits per heavy atom. The average molecular weight is 529 g/mol. The first-order chi connectivity index (χ1) is 18.2. The second-order valence-corrected chi connectivity index (χ2v) is 10.1. The number of alkyl halides is 3. The number of halogens is 3. The fourth-order valence-electron chi connectivity index (χ4n) is 5.74. The van der Waals surface area contributed by atoms with E-state index in [4.69, 9.17) is 0 Å². The van der Waals surface area contributed by atoms with Crippen LogP contribution in [0.3, 0.4) is 0 Å².